The molecule has 0 aromatic heterocycles. The van der Waals surface area contributed by atoms with Gasteiger partial charge in [0, 0.05) is 17.0 Å². The predicted octanol–water partition coefficient (Wildman–Crippen LogP) is 2.62. The maximum atomic E-state index is 13.1. The van der Waals surface area contributed by atoms with Crippen molar-refractivity contribution in [2.75, 3.05) is 13.1 Å². The van der Waals surface area contributed by atoms with Crippen LogP contribution in [0.5, 0.6) is 0 Å². The summed E-state index contributed by atoms with van der Waals surface area (Å²) in [5, 5.41) is 6.51. The largest absolute Gasteiger partial charge is 0.354 e. The molecule has 0 bridgehead atoms. The lowest BCUT2D eigenvalue weighted by molar-refractivity contribution is -0.123. The van der Waals surface area contributed by atoms with E-state index in [0.29, 0.717) is 11.6 Å². The fourth-order valence-corrected chi connectivity index (χ4v) is 2.90. The Morgan fingerprint density at radius 3 is 2.90 bits per heavy atom. The lowest BCUT2D eigenvalue weighted by Crippen LogP contribution is -2.45. The van der Waals surface area contributed by atoms with Gasteiger partial charge in [-0.05, 0) is 37.1 Å². The average molecular weight is 299 g/mol. The van der Waals surface area contributed by atoms with Crippen molar-refractivity contribution in [3.63, 3.8) is 0 Å². The Balaban J connectivity index is 2.01. The number of carbonyl (C=O) groups excluding carboxylic acids is 1. The van der Waals surface area contributed by atoms with Crippen LogP contribution >= 0.6 is 11.6 Å². The summed E-state index contributed by atoms with van der Waals surface area (Å²) in [7, 11) is 0. The van der Waals surface area contributed by atoms with E-state index >= 15 is 0 Å². The van der Waals surface area contributed by atoms with E-state index < -0.39 is 0 Å². The third-order valence-corrected chi connectivity index (χ3v) is 4.05. The molecule has 1 aliphatic heterocycles. The summed E-state index contributed by atoms with van der Waals surface area (Å²) < 4.78 is 13.1. The highest BCUT2D eigenvalue weighted by molar-refractivity contribution is 6.31. The molecule has 1 saturated heterocycles. The van der Waals surface area contributed by atoms with Gasteiger partial charge in [0.15, 0.2) is 0 Å². The molecular weight excluding hydrogens is 279 g/mol. The number of amides is 1. The molecule has 1 heterocycles. The van der Waals surface area contributed by atoms with Crippen molar-refractivity contribution in [3.8, 4) is 0 Å². The fraction of sp³-hybridized carbons (Fsp3) is 0.533. The minimum atomic E-state index is -0.353. The summed E-state index contributed by atoms with van der Waals surface area (Å²) >= 11 is 6.09. The van der Waals surface area contributed by atoms with E-state index in [9.17, 15) is 9.18 Å². The SMILES string of the molecule is CC(C)(CNC(=O)C1CCCN1)c1ccc(F)cc1Cl. The van der Waals surface area contributed by atoms with Crippen LogP contribution in [0.15, 0.2) is 18.2 Å². The van der Waals surface area contributed by atoms with Crippen LogP contribution in [0, 0.1) is 5.82 Å². The van der Waals surface area contributed by atoms with Gasteiger partial charge in [-0.25, -0.2) is 4.39 Å². The number of carbonyl (C=O) groups is 1. The quantitative estimate of drug-likeness (QED) is 0.897. The van der Waals surface area contributed by atoms with Gasteiger partial charge in [-0.3, -0.25) is 4.79 Å². The van der Waals surface area contributed by atoms with Crippen LogP contribution in [0.2, 0.25) is 5.02 Å². The minimum absolute atomic E-state index is 0.0220. The third-order valence-electron chi connectivity index (χ3n) is 3.74. The normalized spacial score (nSPS) is 19.1. The van der Waals surface area contributed by atoms with Gasteiger partial charge >= 0.3 is 0 Å². The number of hydrogen-bond acceptors (Lipinski definition) is 2. The van der Waals surface area contributed by atoms with Gasteiger partial charge in [0.05, 0.1) is 6.04 Å². The van der Waals surface area contributed by atoms with Crippen molar-refractivity contribution in [3.05, 3.63) is 34.6 Å². The molecule has 5 heteroatoms. The molecule has 2 N–H and O–H groups in total. The maximum absolute atomic E-state index is 13.1. The molecule has 1 amide bonds. The number of nitrogens with one attached hydrogen (secondary N) is 2. The molecule has 0 radical (unpaired) electrons. The lowest BCUT2D eigenvalue weighted by atomic mass is 9.84. The van der Waals surface area contributed by atoms with Gasteiger partial charge < -0.3 is 10.6 Å². The molecule has 1 aromatic carbocycles. The van der Waals surface area contributed by atoms with E-state index in [1.165, 1.54) is 12.1 Å². The first-order valence-electron chi connectivity index (χ1n) is 6.87. The summed E-state index contributed by atoms with van der Waals surface area (Å²) in [6, 6.07) is 4.29. The lowest BCUT2D eigenvalue weighted by Gasteiger charge is -2.27. The Labute approximate surface area is 123 Å². The standard InChI is InChI=1S/C15H20ClFN2O/c1-15(2,11-6-5-10(17)8-12(11)16)9-19-14(20)13-4-3-7-18-13/h5-6,8,13,18H,3-4,7,9H2,1-2H3,(H,19,20). The second-order valence-corrected chi connectivity index (χ2v) is 6.28. The molecular formula is C15H20ClFN2O. The Kier molecular flexibility index (Phi) is 4.66. The zero-order chi connectivity index (χ0) is 14.8. The third kappa shape index (κ3) is 3.49. The van der Waals surface area contributed by atoms with Crippen LogP contribution in [0.1, 0.15) is 32.3 Å². The predicted molar refractivity (Wildman–Crippen MR) is 78.5 cm³/mol. The Morgan fingerprint density at radius 1 is 1.55 bits per heavy atom. The molecule has 2 rings (SSSR count). The van der Waals surface area contributed by atoms with Crippen molar-refractivity contribution in [2.45, 2.75) is 38.1 Å². The number of rotatable bonds is 4. The van der Waals surface area contributed by atoms with Crippen LogP contribution in [0.3, 0.4) is 0 Å². The molecule has 0 saturated carbocycles. The Morgan fingerprint density at radius 2 is 2.30 bits per heavy atom. The van der Waals surface area contributed by atoms with Crippen LogP contribution in [-0.2, 0) is 10.2 Å². The molecule has 1 atom stereocenters. The molecule has 1 fully saturated rings. The molecule has 3 nitrogen and oxygen atoms in total. The van der Waals surface area contributed by atoms with Gasteiger partial charge in [-0.1, -0.05) is 31.5 Å². The second kappa shape index (κ2) is 6.10. The first kappa shape index (κ1) is 15.3. The van der Waals surface area contributed by atoms with E-state index in [0.717, 1.165) is 24.9 Å². The Bertz CT molecular complexity index is 499. The van der Waals surface area contributed by atoms with Gasteiger partial charge in [-0.2, -0.15) is 0 Å². The van der Waals surface area contributed by atoms with Gasteiger partial charge in [0.1, 0.15) is 5.82 Å². The average Bonchev–Trinajstić information content (AvgIpc) is 2.89. The number of benzene rings is 1. The van der Waals surface area contributed by atoms with Crippen LogP contribution in [0.25, 0.3) is 0 Å². The molecule has 110 valence electrons. The van der Waals surface area contributed by atoms with E-state index in [4.69, 9.17) is 11.6 Å². The van der Waals surface area contributed by atoms with Crippen LogP contribution in [-0.4, -0.2) is 25.0 Å². The number of halogens is 2. The Hall–Kier alpha value is -1.13. The summed E-state index contributed by atoms with van der Waals surface area (Å²) in [5.74, 6) is -0.331. The molecule has 1 unspecified atom stereocenters. The van der Waals surface area contributed by atoms with E-state index in [2.05, 4.69) is 10.6 Å². The van der Waals surface area contributed by atoms with Crippen molar-refractivity contribution in [1.29, 1.82) is 0 Å². The first-order chi connectivity index (χ1) is 9.40. The molecule has 20 heavy (non-hydrogen) atoms. The first-order valence-corrected chi connectivity index (χ1v) is 7.24. The molecule has 0 spiro atoms. The molecule has 1 aromatic rings. The summed E-state index contributed by atoms with van der Waals surface area (Å²) in [4.78, 5) is 12.0. The smallest absolute Gasteiger partial charge is 0.237 e. The van der Waals surface area contributed by atoms with Gasteiger partial charge in [0.25, 0.3) is 0 Å². The van der Waals surface area contributed by atoms with E-state index in [-0.39, 0.29) is 23.2 Å². The highest BCUT2D eigenvalue weighted by Gasteiger charge is 2.27. The minimum Gasteiger partial charge on any atom is -0.354 e. The highest BCUT2D eigenvalue weighted by Crippen LogP contribution is 2.30. The number of hydrogen-bond donors (Lipinski definition) is 2. The second-order valence-electron chi connectivity index (χ2n) is 5.87. The van der Waals surface area contributed by atoms with Crippen molar-refractivity contribution < 1.29 is 9.18 Å². The maximum Gasteiger partial charge on any atom is 0.237 e. The highest BCUT2D eigenvalue weighted by atomic mass is 35.5. The summed E-state index contributed by atoms with van der Waals surface area (Å²) in [6.07, 6.45) is 1.91. The van der Waals surface area contributed by atoms with Crippen molar-refractivity contribution >= 4 is 17.5 Å². The van der Waals surface area contributed by atoms with Crippen molar-refractivity contribution in [1.82, 2.24) is 10.6 Å². The fourth-order valence-electron chi connectivity index (χ4n) is 2.47. The summed E-state index contributed by atoms with van der Waals surface area (Å²) in [6.45, 7) is 5.32. The van der Waals surface area contributed by atoms with E-state index in [1.54, 1.807) is 6.07 Å². The van der Waals surface area contributed by atoms with Crippen molar-refractivity contribution in [2.24, 2.45) is 0 Å². The van der Waals surface area contributed by atoms with Gasteiger partial charge in [0.2, 0.25) is 5.91 Å². The summed E-state index contributed by atoms with van der Waals surface area (Å²) in [5.41, 5.74) is 0.485. The zero-order valence-corrected chi connectivity index (χ0v) is 12.6. The van der Waals surface area contributed by atoms with Crippen LogP contribution < -0.4 is 10.6 Å². The molecule has 0 aliphatic carbocycles. The van der Waals surface area contributed by atoms with Gasteiger partial charge in [-0.15, -0.1) is 0 Å². The zero-order valence-electron chi connectivity index (χ0n) is 11.8. The molecule has 1 aliphatic rings. The van der Waals surface area contributed by atoms with E-state index in [1.807, 2.05) is 13.8 Å². The van der Waals surface area contributed by atoms with Crippen LogP contribution in [0.4, 0.5) is 4.39 Å². The topological polar surface area (TPSA) is 41.1 Å². The monoisotopic (exact) mass is 298 g/mol.